The monoisotopic (exact) mass is 388 g/mol. The number of primary amides is 1. The Morgan fingerprint density at radius 3 is 2.63 bits per heavy atom. The zero-order chi connectivity index (χ0) is 19.6. The molecule has 27 heavy (non-hydrogen) atoms. The molecule has 0 aliphatic carbocycles. The number of carbonyl (C=O) groups is 3. The van der Waals surface area contributed by atoms with E-state index in [1.807, 2.05) is 0 Å². The molecule has 2 aromatic carbocycles. The minimum atomic E-state index is -0.519. The molecule has 0 unspecified atom stereocenters. The fourth-order valence-electron chi connectivity index (χ4n) is 2.18. The molecule has 0 bridgehead atoms. The number of para-hydroxylation sites is 1. The Hall–Kier alpha value is -3.00. The van der Waals surface area contributed by atoms with Crippen LogP contribution in [0.4, 0.5) is 5.69 Å². The number of methoxy groups -OCH3 is 1. The van der Waals surface area contributed by atoms with Crippen LogP contribution in [0.25, 0.3) is 0 Å². The van der Waals surface area contributed by atoms with Gasteiger partial charge in [-0.15, -0.1) is 11.8 Å². The SMILES string of the molecule is COc1cccc(CC(=O)OCC(=O)Nc2ccccc2SCC(N)=O)c1. The minimum absolute atomic E-state index is 0.0372. The number of ether oxygens (including phenoxy) is 2. The summed E-state index contributed by atoms with van der Waals surface area (Å²) in [6.07, 6.45) is 0.0372. The van der Waals surface area contributed by atoms with E-state index < -0.39 is 24.4 Å². The van der Waals surface area contributed by atoms with Gasteiger partial charge in [-0.1, -0.05) is 24.3 Å². The van der Waals surface area contributed by atoms with Gasteiger partial charge >= 0.3 is 5.97 Å². The van der Waals surface area contributed by atoms with E-state index in [0.29, 0.717) is 16.3 Å². The van der Waals surface area contributed by atoms with Gasteiger partial charge in [0.2, 0.25) is 5.91 Å². The lowest BCUT2D eigenvalue weighted by molar-refractivity contribution is -0.146. The maximum atomic E-state index is 12.1. The quantitative estimate of drug-likeness (QED) is 0.502. The molecule has 0 fully saturated rings. The summed E-state index contributed by atoms with van der Waals surface area (Å²) in [4.78, 5) is 35.6. The van der Waals surface area contributed by atoms with Crippen molar-refractivity contribution < 1.29 is 23.9 Å². The summed E-state index contributed by atoms with van der Waals surface area (Å²) in [6.45, 7) is -0.405. The van der Waals surface area contributed by atoms with Crippen molar-refractivity contribution in [2.24, 2.45) is 5.73 Å². The van der Waals surface area contributed by atoms with Crippen molar-refractivity contribution in [3.63, 3.8) is 0 Å². The summed E-state index contributed by atoms with van der Waals surface area (Å²) in [5, 5.41) is 2.66. The first-order chi connectivity index (χ1) is 13.0. The number of carbonyl (C=O) groups excluding carboxylic acids is 3. The van der Waals surface area contributed by atoms with Gasteiger partial charge in [0.05, 0.1) is 25.0 Å². The summed E-state index contributed by atoms with van der Waals surface area (Å²) in [7, 11) is 1.54. The maximum Gasteiger partial charge on any atom is 0.310 e. The number of anilines is 1. The van der Waals surface area contributed by atoms with Crippen LogP contribution in [0.1, 0.15) is 5.56 Å². The van der Waals surface area contributed by atoms with Gasteiger partial charge in [-0.05, 0) is 29.8 Å². The van der Waals surface area contributed by atoms with Crippen molar-refractivity contribution in [1.82, 2.24) is 0 Å². The Morgan fingerprint density at radius 2 is 1.89 bits per heavy atom. The third-order valence-corrected chi connectivity index (χ3v) is 4.47. The van der Waals surface area contributed by atoms with Gasteiger partial charge in [-0.3, -0.25) is 14.4 Å². The van der Waals surface area contributed by atoms with Crippen LogP contribution in [-0.2, 0) is 25.5 Å². The van der Waals surface area contributed by atoms with Crippen LogP contribution in [0, 0.1) is 0 Å². The number of nitrogens with two attached hydrogens (primary N) is 1. The molecule has 0 heterocycles. The molecule has 2 aromatic rings. The van der Waals surface area contributed by atoms with Gasteiger partial charge in [-0.2, -0.15) is 0 Å². The van der Waals surface area contributed by atoms with Crippen molar-refractivity contribution in [3.8, 4) is 5.75 Å². The number of esters is 1. The minimum Gasteiger partial charge on any atom is -0.497 e. The molecule has 0 spiro atoms. The average molecular weight is 388 g/mol. The van der Waals surface area contributed by atoms with Crippen LogP contribution in [0.3, 0.4) is 0 Å². The second-order valence-corrected chi connectivity index (χ2v) is 6.51. The largest absolute Gasteiger partial charge is 0.497 e. The zero-order valence-electron chi connectivity index (χ0n) is 14.8. The third-order valence-electron chi connectivity index (χ3n) is 3.38. The molecule has 8 heteroatoms. The second kappa shape index (κ2) is 10.2. The molecule has 0 aromatic heterocycles. The highest BCUT2D eigenvalue weighted by molar-refractivity contribution is 8.00. The Morgan fingerprint density at radius 1 is 1.11 bits per heavy atom. The summed E-state index contributed by atoms with van der Waals surface area (Å²) in [6, 6.07) is 14.0. The van der Waals surface area contributed by atoms with Crippen molar-refractivity contribution in [2.75, 3.05) is 24.8 Å². The number of nitrogens with one attached hydrogen (secondary N) is 1. The standard InChI is InChI=1S/C19H20N2O5S/c1-25-14-6-4-5-13(9-14)10-19(24)26-11-18(23)21-15-7-2-3-8-16(15)27-12-17(20)22/h2-9H,10-12H2,1H3,(H2,20,22)(H,21,23). The molecule has 0 saturated heterocycles. The molecule has 2 amide bonds. The van der Waals surface area contributed by atoms with Crippen molar-refractivity contribution >= 4 is 35.2 Å². The van der Waals surface area contributed by atoms with E-state index in [0.717, 1.165) is 5.56 Å². The molecule has 0 atom stereocenters. The molecule has 0 radical (unpaired) electrons. The van der Waals surface area contributed by atoms with Crippen molar-refractivity contribution in [2.45, 2.75) is 11.3 Å². The Labute approximate surface area is 161 Å². The van der Waals surface area contributed by atoms with Crippen LogP contribution < -0.4 is 15.8 Å². The first-order valence-electron chi connectivity index (χ1n) is 8.06. The molecule has 0 aliphatic rings. The molecular weight excluding hydrogens is 368 g/mol. The molecule has 7 nitrogen and oxygen atoms in total. The lowest BCUT2D eigenvalue weighted by Gasteiger charge is -2.10. The van der Waals surface area contributed by atoms with Gasteiger partial charge in [0, 0.05) is 4.90 Å². The maximum absolute atomic E-state index is 12.1. The van der Waals surface area contributed by atoms with E-state index in [2.05, 4.69) is 5.32 Å². The fraction of sp³-hybridized carbons (Fsp3) is 0.211. The number of thioether (sulfide) groups is 1. The van der Waals surface area contributed by atoms with Crippen molar-refractivity contribution in [3.05, 3.63) is 54.1 Å². The lowest BCUT2D eigenvalue weighted by atomic mass is 10.1. The van der Waals surface area contributed by atoms with Gasteiger partial charge in [0.1, 0.15) is 5.75 Å². The fourth-order valence-corrected chi connectivity index (χ4v) is 2.92. The van der Waals surface area contributed by atoms with Gasteiger partial charge < -0.3 is 20.5 Å². The van der Waals surface area contributed by atoms with E-state index in [4.69, 9.17) is 15.2 Å². The predicted octanol–water partition coefficient (Wildman–Crippen LogP) is 2.00. The zero-order valence-corrected chi connectivity index (χ0v) is 15.6. The highest BCUT2D eigenvalue weighted by Gasteiger charge is 2.11. The number of rotatable bonds is 9. The number of benzene rings is 2. The van der Waals surface area contributed by atoms with Crippen LogP contribution in [0.15, 0.2) is 53.4 Å². The first kappa shape index (κ1) is 20.3. The summed E-state index contributed by atoms with van der Waals surface area (Å²) in [5.41, 5.74) is 6.40. The van der Waals surface area contributed by atoms with Gasteiger partial charge in [0.15, 0.2) is 6.61 Å². The number of hydrogen-bond acceptors (Lipinski definition) is 6. The second-order valence-electron chi connectivity index (χ2n) is 5.49. The normalized spacial score (nSPS) is 10.1. The molecular formula is C19H20N2O5S. The van der Waals surface area contributed by atoms with Gasteiger partial charge in [0.25, 0.3) is 5.91 Å². The van der Waals surface area contributed by atoms with E-state index in [-0.39, 0.29) is 12.2 Å². The van der Waals surface area contributed by atoms with Crippen LogP contribution in [0.5, 0.6) is 5.75 Å². The Bertz CT molecular complexity index is 825. The first-order valence-corrected chi connectivity index (χ1v) is 9.05. The molecule has 0 saturated carbocycles. The van der Waals surface area contributed by atoms with Crippen LogP contribution >= 0.6 is 11.8 Å². The Balaban J connectivity index is 1.85. The third kappa shape index (κ3) is 7.02. The smallest absolute Gasteiger partial charge is 0.310 e. The number of hydrogen-bond donors (Lipinski definition) is 2. The average Bonchev–Trinajstić information content (AvgIpc) is 2.66. The topological polar surface area (TPSA) is 108 Å². The highest BCUT2D eigenvalue weighted by Crippen LogP contribution is 2.26. The van der Waals surface area contributed by atoms with E-state index in [9.17, 15) is 14.4 Å². The highest BCUT2D eigenvalue weighted by atomic mass is 32.2. The van der Waals surface area contributed by atoms with Crippen LogP contribution in [0.2, 0.25) is 0 Å². The van der Waals surface area contributed by atoms with E-state index in [1.165, 1.54) is 11.8 Å². The molecule has 0 aliphatic heterocycles. The summed E-state index contributed by atoms with van der Waals surface area (Å²) >= 11 is 1.22. The van der Waals surface area contributed by atoms with Gasteiger partial charge in [-0.25, -0.2) is 0 Å². The van der Waals surface area contributed by atoms with Crippen LogP contribution in [-0.4, -0.2) is 37.3 Å². The summed E-state index contributed by atoms with van der Waals surface area (Å²) < 4.78 is 10.1. The molecule has 2 rings (SSSR count). The molecule has 3 N–H and O–H groups in total. The predicted molar refractivity (Wildman–Crippen MR) is 103 cm³/mol. The van der Waals surface area contributed by atoms with Crippen molar-refractivity contribution in [1.29, 1.82) is 0 Å². The van der Waals surface area contributed by atoms with E-state index in [1.54, 1.807) is 55.6 Å². The number of amides is 2. The Kier molecular flexibility index (Phi) is 7.69. The summed E-state index contributed by atoms with van der Waals surface area (Å²) in [5.74, 6) is -0.700. The van der Waals surface area contributed by atoms with E-state index >= 15 is 0 Å². The lowest BCUT2D eigenvalue weighted by Crippen LogP contribution is -2.22. The molecule has 142 valence electrons.